The molecule has 1 fully saturated rings. The van der Waals surface area contributed by atoms with Crippen LogP contribution in [0.4, 0.5) is 13.2 Å². The van der Waals surface area contributed by atoms with E-state index in [0.717, 1.165) is 16.7 Å². The molecule has 10 nitrogen and oxygen atoms in total. The number of benzene rings is 1. The van der Waals surface area contributed by atoms with Gasteiger partial charge in [-0.15, -0.1) is 10.2 Å². The lowest BCUT2D eigenvalue weighted by atomic mass is 10.2. The fraction of sp³-hybridized carbons (Fsp3) is 0.350. The highest BCUT2D eigenvalue weighted by molar-refractivity contribution is 7.89. The molecule has 1 aliphatic rings. The molecule has 0 unspecified atom stereocenters. The van der Waals surface area contributed by atoms with E-state index in [1.165, 1.54) is 35.7 Å². The van der Waals surface area contributed by atoms with Crippen molar-refractivity contribution in [2.24, 2.45) is 0 Å². The van der Waals surface area contributed by atoms with E-state index in [0.29, 0.717) is 0 Å². The van der Waals surface area contributed by atoms with Gasteiger partial charge in [-0.3, -0.25) is 9.20 Å². The van der Waals surface area contributed by atoms with Crippen molar-refractivity contribution in [2.75, 3.05) is 33.4 Å². The number of methoxy groups -OCH3 is 1. The second-order valence-electron chi connectivity index (χ2n) is 7.32. The molecule has 0 saturated carbocycles. The van der Waals surface area contributed by atoms with Crippen LogP contribution in [-0.2, 0) is 27.5 Å². The minimum Gasteiger partial charge on any atom is -0.495 e. The number of halogens is 3. The van der Waals surface area contributed by atoms with Gasteiger partial charge in [-0.25, -0.2) is 8.42 Å². The summed E-state index contributed by atoms with van der Waals surface area (Å²) in [5.74, 6) is -0.500. The molecule has 1 aliphatic heterocycles. The van der Waals surface area contributed by atoms with Crippen LogP contribution in [-0.4, -0.2) is 66.6 Å². The van der Waals surface area contributed by atoms with Crippen LogP contribution in [0, 0.1) is 0 Å². The Morgan fingerprint density at radius 2 is 1.91 bits per heavy atom. The summed E-state index contributed by atoms with van der Waals surface area (Å²) in [5, 5.41) is 10.2. The van der Waals surface area contributed by atoms with Gasteiger partial charge in [-0.05, 0) is 30.3 Å². The van der Waals surface area contributed by atoms with E-state index < -0.39 is 27.7 Å². The second kappa shape index (κ2) is 9.19. The van der Waals surface area contributed by atoms with Crippen molar-refractivity contribution in [3.8, 4) is 5.75 Å². The van der Waals surface area contributed by atoms with Crippen LogP contribution < -0.4 is 10.1 Å². The average Bonchev–Trinajstić information content (AvgIpc) is 3.24. The van der Waals surface area contributed by atoms with Crippen LogP contribution in [0.1, 0.15) is 21.7 Å². The van der Waals surface area contributed by atoms with Gasteiger partial charge < -0.3 is 14.8 Å². The van der Waals surface area contributed by atoms with Crippen molar-refractivity contribution in [1.82, 2.24) is 24.2 Å². The molecule has 34 heavy (non-hydrogen) atoms. The third-order valence-electron chi connectivity index (χ3n) is 5.22. The van der Waals surface area contributed by atoms with Crippen molar-refractivity contribution >= 4 is 21.6 Å². The van der Waals surface area contributed by atoms with Crippen molar-refractivity contribution in [3.05, 3.63) is 53.5 Å². The summed E-state index contributed by atoms with van der Waals surface area (Å²) < 4.78 is 78.0. The molecule has 1 N–H and O–H groups in total. The minimum absolute atomic E-state index is 0.0254. The van der Waals surface area contributed by atoms with Crippen LogP contribution in [0.2, 0.25) is 0 Å². The molecule has 0 radical (unpaired) electrons. The van der Waals surface area contributed by atoms with E-state index in [2.05, 4.69) is 15.5 Å². The van der Waals surface area contributed by atoms with Gasteiger partial charge in [0.15, 0.2) is 11.5 Å². The van der Waals surface area contributed by atoms with Gasteiger partial charge in [0, 0.05) is 24.8 Å². The van der Waals surface area contributed by atoms with Crippen LogP contribution >= 0.6 is 0 Å². The number of amides is 1. The third-order valence-corrected chi connectivity index (χ3v) is 7.14. The molecule has 3 heterocycles. The maximum Gasteiger partial charge on any atom is 0.417 e. The zero-order valence-corrected chi connectivity index (χ0v) is 18.7. The van der Waals surface area contributed by atoms with E-state index >= 15 is 0 Å². The van der Waals surface area contributed by atoms with Crippen LogP contribution in [0.25, 0.3) is 5.65 Å². The first-order valence-electron chi connectivity index (χ1n) is 10.1. The predicted molar refractivity (Wildman–Crippen MR) is 112 cm³/mol. The van der Waals surface area contributed by atoms with Gasteiger partial charge in [-0.2, -0.15) is 17.5 Å². The number of nitrogens with zero attached hydrogens (tertiary/aromatic N) is 4. The lowest BCUT2D eigenvalue weighted by Gasteiger charge is -2.26. The number of aromatic nitrogens is 3. The maximum absolute atomic E-state index is 13.1. The molecular weight excluding hydrogens is 479 g/mol. The molecule has 0 aliphatic carbocycles. The van der Waals surface area contributed by atoms with Gasteiger partial charge in [0.25, 0.3) is 5.91 Å². The summed E-state index contributed by atoms with van der Waals surface area (Å²) in [4.78, 5) is 12.6. The number of hydrogen-bond donors (Lipinski definition) is 1. The number of carbonyl (C=O) groups is 1. The SMILES string of the molecule is COc1ccc(C(=O)NCc2nnc3ccc(C(F)(F)F)cn23)cc1S(=O)(=O)N1CCOCC1. The van der Waals surface area contributed by atoms with Gasteiger partial charge in [0.2, 0.25) is 10.0 Å². The molecule has 182 valence electrons. The van der Waals surface area contributed by atoms with Crippen LogP contribution in [0.15, 0.2) is 41.4 Å². The monoisotopic (exact) mass is 499 g/mol. The number of carbonyl (C=O) groups excluding carboxylic acids is 1. The second-order valence-corrected chi connectivity index (χ2v) is 9.23. The van der Waals surface area contributed by atoms with Crippen molar-refractivity contribution < 1.29 is 35.9 Å². The largest absolute Gasteiger partial charge is 0.495 e. The molecule has 1 amide bonds. The third kappa shape index (κ3) is 4.69. The summed E-state index contributed by atoms with van der Waals surface area (Å²) >= 11 is 0. The van der Waals surface area contributed by atoms with Crippen LogP contribution in [0.5, 0.6) is 5.75 Å². The standard InChI is InChI=1S/C20H20F3N5O5S/c1-32-15-4-2-13(10-16(15)34(30,31)27-6-8-33-9-7-27)19(29)24-11-18-26-25-17-5-3-14(12-28(17)18)20(21,22)23/h2-5,10,12H,6-9,11H2,1H3,(H,24,29). The number of alkyl halides is 3. The Kier molecular flexibility index (Phi) is 6.47. The number of sulfonamides is 1. The highest BCUT2D eigenvalue weighted by Crippen LogP contribution is 2.30. The average molecular weight is 499 g/mol. The number of hydrogen-bond acceptors (Lipinski definition) is 7. The number of ether oxygens (including phenoxy) is 2. The molecule has 14 heteroatoms. The van der Waals surface area contributed by atoms with Gasteiger partial charge in [-0.1, -0.05) is 0 Å². The molecule has 0 bridgehead atoms. The molecular formula is C20H20F3N5O5S. The summed E-state index contributed by atoms with van der Waals surface area (Å²) in [6.07, 6.45) is -3.71. The first kappa shape index (κ1) is 23.9. The van der Waals surface area contributed by atoms with Gasteiger partial charge in [0.05, 0.1) is 32.4 Å². The Morgan fingerprint density at radius 3 is 2.59 bits per heavy atom. The topological polar surface area (TPSA) is 115 Å². The van der Waals surface area contributed by atoms with E-state index in [-0.39, 0.29) is 60.5 Å². The zero-order chi connectivity index (χ0) is 24.5. The Balaban J connectivity index is 1.57. The Bertz CT molecular complexity index is 1320. The fourth-order valence-corrected chi connectivity index (χ4v) is 5.02. The highest BCUT2D eigenvalue weighted by atomic mass is 32.2. The van der Waals surface area contributed by atoms with Gasteiger partial charge in [0.1, 0.15) is 10.6 Å². The van der Waals surface area contributed by atoms with E-state index in [1.54, 1.807) is 0 Å². The highest BCUT2D eigenvalue weighted by Gasteiger charge is 2.32. The summed E-state index contributed by atoms with van der Waals surface area (Å²) in [6, 6.07) is 6.01. The molecule has 0 spiro atoms. The quantitative estimate of drug-likeness (QED) is 0.549. The molecule has 4 rings (SSSR count). The van der Waals surface area contributed by atoms with E-state index in [1.807, 2.05) is 0 Å². The molecule has 1 aromatic carbocycles. The number of pyridine rings is 1. The Labute approximate surface area is 192 Å². The lowest BCUT2D eigenvalue weighted by molar-refractivity contribution is -0.137. The van der Waals surface area contributed by atoms with Crippen molar-refractivity contribution in [2.45, 2.75) is 17.6 Å². The number of rotatable bonds is 6. The van der Waals surface area contributed by atoms with E-state index in [4.69, 9.17) is 9.47 Å². The minimum atomic E-state index is -4.55. The number of morpholine rings is 1. The summed E-state index contributed by atoms with van der Waals surface area (Å²) in [5.41, 5.74) is -0.682. The first-order valence-corrected chi connectivity index (χ1v) is 11.5. The predicted octanol–water partition coefficient (Wildman–Crippen LogP) is 1.71. The van der Waals surface area contributed by atoms with E-state index in [9.17, 15) is 26.4 Å². The molecule has 0 atom stereocenters. The number of fused-ring (bicyclic) bond motifs is 1. The lowest BCUT2D eigenvalue weighted by Crippen LogP contribution is -2.40. The summed E-state index contributed by atoms with van der Waals surface area (Å²) in [7, 11) is -2.63. The molecule has 2 aromatic heterocycles. The fourth-order valence-electron chi connectivity index (χ4n) is 3.43. The van der Waals surface area contributed by atoms with Gasteiger partial charge >= 0.3 is 6.18 Å². The molecule has 3 aromatic rings. The molecule has 1 saturated heterocycles. The maximum atomic E-state index is 13.1. The first-order chi connectivity index (χ1) is 16.1. The smallest absolute Gasteiger partial charge is 0.417 e. The summed E-state index contributed by atoms with van der Waals surface area (Å²) in [6.45, 7) is 0.608. The Morgan fingerprint density at radius 1 is 1.18 bits per heavy atom. The Hall–Kier alpha value is -3.23. The van der Waals surface area contributed by atoms with Crippen LogP contribution in [0.3, 0.4) is 0 Å². The van der Waals surface area contributed by atoms with Crippen molar-refractivity contribution in [1.29, 1.82) is 0 Å². The normalized spacial score (nSPS) is 15.4. The number of nitrogens with one attached hydrogen (secondary N) is 1. The zero-order valence-electron chi connectivity index (χ0n) is 17.9. The van der Waals surface area contributed by atoms with Crippen molar-refractivity contribution in [3.63, 3.8) is 0 Å².